The lowest BCUT2D eigenvalue weighted by Crippen LogP contribution is -2.26. The zero-order chi connectivity index (χ0) is 13.7. The van der Waals surface area contributed by atoms with Crippen molar-refractivity contribution in [3.8, 4) is 0 Å². The summed E-state index contributed by atoms with van der Waals surface area (Å²) >= 11 is 9.43. The van der Waals surface area contributed by atoms with Gasteiger partial charge < -0.3 is 10.1 Å². The molecule has 0 saturated carbocycles. The van der Waals surface area contributed by atoms with Gasteiger partial charge in [-0.3, -0.25) is 0 Å². The Hall–Kier alpha value is -0.390. The predicted octanol–water partition coefficient (Wildman–Crippen LogP) is 4.57. The Labute approximate surface area is 127 Å². The number of nitrogens with one attached hydrogen (secondary N) is 1. The first kappa shape index (κ1) is 15.0. The summed E-state index contributed by atoms with van der Waals surface area (Å²) in [5, 5.41) is 5.65. The summed E-state index contributed by atoms with van der Waals surface area (Å²) in [7, 11) is 0. The standard InChI is InChI=1S/C14H18ClNOS2/c1-10(2)17-8-7-16-14(11-4-3-9-18-11)12-5-6-13(15)19-12/h3-6,9-10,14,16H,7-8H2,1-2H3. The summed E-state index contributed by atoms with van der Waals surface area (Å²) in [5.74, 6) is 0. The fourth-order valence-electron chi connectivity index (χ4n) is 1.78. The highest BCUT2D eigenvalue weighted by molar-refractivity contribution is 7.16. The molecule has 19 heavy (non-hydrogen) atoms. The number of thiophene rings is 2. The second-order valence-corrected chi connectivity index (χ2v) is 7.19. The van der Waals surface area contributed by atoms with Crippen LogP contribution in [0, 0.1) is 0 Å². The number of rotatable bonds is 7. The fraction of sp³-hybridized carbons (Fsp3) is 0.429. The molecule has 2 heterocycles. The van der Waals surface area contributed by atoms with E-state index in [1.165, 1.54) is 9.75 Å². The van der Waals surface area contributed by atoms with Gasteiger partial charge in [0.05, 0.1) is 23.1 Å². The first-order valence-corrected chi connectivity index (χ1v) is 8.38. The minimum Gasteiger partial charge on any atom is -0.377 e. The maximum absolute atomic E-state index is 6.04. The number of halogens is 1. The Morgan fingerprint density at radius 3 is 2.68 bits per heavy atom. The van der Waals surface area contributed by atoms with Gasteiger partial charge in [-0.2, -0.15) is 0 Å². The van der Waals surface area contributed by atoms with Gasteiger partial charge in [0.15, 0.2) is 0 Å². The molecular weight excluding hydrogens is 298 g/mol. The van der Waals surface area contributed by atoms with E-state index in [0.717, 1.165) is 17.5 Å². The fourth-order valence-corrected chi connectivity index (χ4v) is 3.83. The molecule has 0 saturated heterocycles. The van der Waals surface area contributed by atoms with Crippen LogP contribution in [0.3, 0.4) is 0 Å². The minimum atomic E-state index is 0.216. The molecule has 0 aliphatic rings. The molecule has 2 rings (SSSR count). The van der Waals surface area contributed by atoms with Crippen molar-refractivity contribution in [3.63, 3.8) is 0 Å². The van der Waals surface area contributed by atoms with E-state index in [4.69, 9.17) is 16.3 Å². The van der Waals surface area contributed by atoms with E-state index in [9.17, 15) is 0 Å². The van der Waals surface area contributed by atoms with Crippen LogP contribution in [0.5, 0.6) is 0 Å². The normalized spacial score (nSPS) is 13.1. The van der Waals surface area contributed by atoms with Gasteiger partial charge in [0.25, 0.3) is 0 Å². The predicted molar refractivity (Wildman–Crippen MR) is 84.6 cm³/mol. The first-order valence-electron chi connectivity index (χ1n) is 6.30. The van der Waals surface area contributed by atoms with Gasteiger partial charge in [0, 0.05) is 16.3 Å². The van der Waals surface area contributed by atoms with Gasteiger partial charge in [-0.25, -0.2) is 0 Å². The molecule has 2 nitrogen and oxygen atoms in total. The van der Waals surface area contributed by atoms with Gasteiger partial charge in [-0.1, -0.05) is 17.7 Å². The minimum absolute atomic E-state index is 0.216. The third-order valence-corrected chi connectivity index (χ3v) is 4.84. The van der Waals surface area contributed by atoms with Crippen molar-refractivity contribution < 1.29 is 4.74 Å². The molecular formula is C14H18ClNOS2. The molecule has 1 N–H and O–H groups in total. The molecule has 1 unspecified atom stereocenters. The largest absolute Gasteiger partial charge is 0.377 e. The molecule has 104 valence electrons. The molecule has 0 spiro atoms. The second kappa shape index (κ2) is 7.41. The van der Waals surface area contributed by atoms with E-state index in [0.29, 0.717) is 0 Å². The van der Waals surface area contributed by atoms with Gasteiger partial charge >= 0.3 is 0 Å². The van der Waals surface area contributed by atoms with Crippen LogP contribution >= 0.6 is 34.3 Å². The molecule has 2 aromatic rings. The van der Waals surface area contributed by atoms with Crippen molar-refractivity contribution in [2.24, 2.45) is 0 Å². The van der Waals surface area contributed by atoms with Crippen LogP contribution in [0.4, 0.5) is 0 Å². The maximum Gasteiger partial charge on any atom is 0.0931 e. The lowest BCUT2D eigenvalue weighted by Gasteiger charge is -2.16. The smallest absolute Gasteiger partial charge is 0.0931 e. The second-order valence-electron chi connectivity index (χ2n) is 4.46. The lowest BCUT2D eigenvalue weighted by molar-refractivity contribution is 0.0800. The topological polar surface area (TPSA) is 21.3 Å². The highest BCUT2D eigenvalue weighted by Gasteiger charge is 2.16. The van der Waals surface area contributed by atoms with Crippen molar-refractivity contribution in [2.75, 3.05) is 13.2 Å². The van der Waals surface area contributed by atoms with E-state index < -0.39 is 0 Å². The monoisotopic (exact) mass is 315 g/mol. The SMILES string of the molecule is CC(C)OCCNC(c1cccs1)c1ccc(Cl)s1. The summed E-state index contributed by atoms with van der Waals surface area (Å²) < 4.78 is 6.40. The molecule has 0 aromatic carbocycles. The number of hydrogen-bond donors (Lipinski definition) is 1. The van der Waals surface area contributed by atoms with Crippen LogP contribution < -0.4 is 5.32 Å². The van der Waals surface area contributed by atoms with Gasteiger partial charge in [-0.05, 0) is 37.4 Å². The summed E-state index contributed by atoms with van der Waals surface area (Å²) in [6, 6.07) is 8.49. The van der Waals surface area contributed by atoms with E-state index in [1.54, 1.807) is 22.7 Å². The Morgan fingerprint density at radius 1 is 1.26 bits per heavy atom. The van der Waals surface area contributed by atoms with Crippen LogP contribution in [0.25, 0.3) is 0 Å². The van der Waals surface area contributed by atoms with Crippen LogP contribution in [0.15, 0.2) is 29.6 Å². The molecule has 1 atom stereocenters. The van der Waals surface area contributed by atoms with Crippen LogP contribution in [0.1, 0.15) is 29.6 Å². The summed E-state index contributed by atoms with van der Waals surface area (Å²) in [5.41, 5.74) is 0. The van der Waals surface area contributed by atoms with E-state index >= 15 is 0 Å². The van der Waals surface area contributed by atoms with Crippen molar-refractivity contribution in [1.29, 1.82) is 0 Å². The van der Waals surface area contributed by atoms with E-state index in [-0.39, 0.29) is 12.1 Å². The Kier molecular flexibility index (Phi) is 5.85. The van der Waals surface area contributed by atoms with Crippen molar-refractivity contribution in [3.05, 3.63) is 43.7 Å². The maximum atomic E-state index is 6.04. The van der Waals surface area contributed by atoms with Gasteiger partial charge in [-0.15, -0.1) is 22.7 Å². The Bertz CT molecular complexity index is 481. The molecule has 0 fully saturated rings. The highest BCUT2D eigenvalue weighted by Crippen LogP contribution is 2.32. The van der Waals surface area contributed by atoms with Crippen molar-refractivity contribution >= 4 is 34.3 Å². The molecule has 5 heteroatoms. The zero-order valence-electron chi connectivity index (χ0n) is 11.1. The zero-order valence-corrected chi connectivity index (χ0v) is 13.4. The lowest BCUT2D eigenvalue weighted by atomic mass is 10.2. The third-order valence-electron chi connectivity index (χ3n) is 2.61. The van der Waals surface area contributed by atoms with Gasteiger partial charge in [0.1, 0.15) is 0 Å². The Balaban J connectivity index is 1.99. The molecule has 0 aliphatic carbocycles. The average Bonchev–Trinajstić information content (AvgIpc) is 3.00. The quantitative estimate of drug-likeness (QED) is 0.756. The van der Waals surface area contributed by atoms with Crippen molar-refractivity contribution in [2.45, 2.75) is 26.0 Å². The van der Waals surface area contributed by atoms with Gasteiger partial charge in [0.2, 0.25) is 0 Å². The summed E-state index contributed by atoms with van der Waals surface area (Å²) in [4.78, 5) is 2.56. The Morgan fingerprint density at radius 2 is 2.11 bits per heavy atom. The molecule has 0 radical (unpaired) electrons. The number of ether oxygens (including phenoxy) is 1. The van der Waals surface area contributed by atoms with Crippen LogP contribution in [-0.2, 0) is 4.74 Å². The molecule has 0 aliphatic heterocycles. The molecule has 0 bridgehead atoms. The highest BCUT2D eigenvalue weighted by atomic mass is 35.5. The van der Waals surface area contributed by atoms with Crippen molar-refractivity contribution in [1.82, 2.24) is 5.32 Å². The van der Waals surface area contributed by atoms with E-state index in [2.05, 4.69) is 42.7 Å². The van der Waals surface area contributed by atoms with Crippen LogP contribution in [-0.4, -0.2) is 19.3 Å². The van der Waals surface area contributed by atoms with E-state index in [1.807, 2.05) is 6.07 Å². The number of hydrogen-bond acceptors (Lipinski definition) is 4. The van der Waals surface area contributed by atoms with Crippen LogP contribution in [0.2, 0.25) is 4.34 Å². The summed E-state index contributed by atoms with van der Waals surface area (Å²) in [6.07, 6.45) is 0.276. The summed E-state index contributed by atoms with van der Waals surface area (Å²) in [6.45, 7) is 5.65. The molecule has 0 amide bonds. The molecule has 2 aromatic heterocycles. The average molecular weight is 316 g/mol. The first-order chi connectivity index (χ1) is 9.16. The third kappa shape index (κ3) is 4.58.